The Morgan fingerprint density at radius 2 is 2.40 bits per heavy atom. The Balaban J connectivity index is 3.95. The van der Waals surface area contributed by atoms with E-state index in [1.165, 1.54) is 0 Å². The molecule has 0 aliphatic carbocycles. The molecule has 0 aromatic heterocycles. The molecule has 54 valence electrons. The number of carbonyl (C=O) groups excluding carboxylic acids is 2. The minimum atomic E-state index is -0.781. The van der Waals surface area contributed by atoms with E-state index in [1.807, 2.05) is 0 Å². The number of amides is 1. The standard InChI is InChI=1S/C6H7NO3/c1-3-10-5(2)6(9)7-4-8/h2-3H2,1H3. The van der Waals surface area contributed by atoms with Crippen LogP contribution in [-0.2, 0) is 14.3 Å². The predicted molar refractivity (Wildman–Crippen MR) is 33.9 cm³/mol. The lowest BCUT2D eigenvalue weighted by Crippen LogP contribution is -2.01. The van der Waals surface area contributed by atoms with E-state index in [9.17, 15) is 9.59 Å². The van der Waals surface area contributed by atoms with Gasteiger partial charge in [0, 0.05) is 0 Å². The Bertz CT molecular complexity index is 191. The van der Waals surface area contributed by atoms with Crippen LogP contribution in [0, 0.1) is 0 Å². The fraction of sp³-hybridized carbons (Fsp3) is 0.333. The van der Waals surface area contributed by atoms with Crippen molar-refractivity contribution in [2.45, 2.75) is 6.92 Å². The summed E-state index contributed by atoms with van der Waals surface area (Å²) < 4.78 is 4.64. The van der Waals surface area contributed by atoms with Crippen molar-refractivity contribution in [1.82, 2.24) is 0 Å². The van der Waals surface area contributed by atoms with Crippen molar-refractivity contribution < 1.29 is 14.3 Å². The average Bonchev–Trinajstić information content (AvgIpc) is 1.89. The normalized spacial score (nSPS) is 7.70. The first kappa shape index (κ1) is 8.59. The van der Waals surface area contributed by atoms with Gasteiger partial charge in [0.05, 0.1) is 6.61 Å². The van der Waals surface area contributed by atoms with Crippen molar-refractivity contribution >= 4 is 12.0 Å². The van der Waals surface area contributed by atoms with Gasteiger partial charge in [-0.25, -0.2) is 4.79 Å². The third kappa shape index (κ3) is 2.79. The van der Waals surface area contributed by atoms with Gasteiger partial charge in [-0.15, -0.1) is 4.99 Å². The zero-order chi connectivity index (χ0) is 7.98. The summed E-state index contributed by atoms with van der Waals surface area (Å²) in [6.45, 7) is 5.25. The first-order valence-electron chi connectivity index (χ1n) is 2.66. The summed E-state index contributed by atoms with van der Waals surface area (Å²) in [5.41, 5.74) is 0. The molecule has 0 fully saturated rings. The number of hydrogen-bond acceptors (Lipinski definition) is 3. The molecule has 0 heterocycles. The van der Waals surface area contributed by atoms with E-state index >= 15 is 0 Å². The van der Waals surface area contributed by atoms with Crippen LogP contribution in [0.5, 0.6) is 0 Å². The van der Waals surface area contributed by atoms with E-state index in [4.69, 9.17) is 0 Å². The molecule has 0 aliphatic heterocycles. The second-order valence-electron chi connectivity index (χ2n) is 1.36. The summed E-state index contributed by atoms with van der Waals surface area (Å²) >= 11 is 0. The summed E-state index contributed by atoms with van der Waals surface area (Å²) in [6, 6.07) is 0. The second-order valence-corrected chi connectivity index (χ2v) is 1.36. The summed E-state index contributed by atoms with van der Waals surface area (Å²) in [5.74, 6) is -0.914. The van der Waals surface area contributed by atoms with Crippen LogP contribution in [0.15, 0.2) is 17.3 Å². The van der Waals surface area contributed by atoms with E-state index in [1.54, 1.807) is 6.92 Å². The minimum Gasteiger partial charge on any atom is -0.489 e. The molecular weight excluding hydrogens is 134 g/mol. The third-order valence-electron chi connectivity index (χ3n) is 0.704. The second kappa shape index (κ2) is 4.47. The van der Waals surface area contributed by atoms with Gasteiger partial charge in [0.25, 0.3) is 0 Å². The lowest BCUT2D eigenvalue weighted by Gasteiger charge is -1.98. The van der Waals surface area contributed by atoms with Crippen molar-refractivity contribution in [2.75, 3.05) is 6.61 Å². The van der Waals surface area contributed by atoms with Crippen LogP contribution in [0.4, 0.5) is 0 Å². The fourth-order valence-electron chi connectivity index (χ4n) is 0.340. The number of nitrogens with zero attached hydrogens (tertiary/aromatic N) is 1. The van der Waals surface area contributed by atoms with Crippen LogP contribution in [-0.4, -0.2) is 18.6 Å². The molecule has 0 saturated carbocycles. The number of rotatable bonds is 3. The zero-order valence-electron chi connectivity index (χ0n) is 5.59. The Kier molecular flexibility index (Phi) is 3.84. The molecule has 0 radical (unpaired) electrons. The number of ether oxygens (including phenoxy) is 1. The van der Waals surface area contributed by atoms with Crippen molar-refractivity contribution in [3.05, 3.63) is 12.3 Å². The molecule has 0 atom stereocenters. The van der Waals surface area contributed by atoms with Crippen molar-refractivity contribution in [1.29, 1.82) is 0 Å². The maximum atomic E-state index is 10.5. The Hall–Kier alpha value is -1.41. The summed E-state index contributed by atoms with van der Waals surface area (Å²) in [6.07, 6.45) is 1.09. The summed E-state index contributed by atoms with van der Waals surface area (Å²) in [4.78, 5) is 22.8. The zero-order valence-corrected chi connectivity index (χ0v) is 5.59. The van der Waals surface area contributed by atoms with Crippen molar-refractivity contribution in [2.24, 2.45) is 4.99 Å². The maximum Gasteiger partial charge on any atom is 0.322 e. The van der Waals surface area contributed by atoms with Gasteiger partial charge < -0.3 is 4.74 Å². The lowest BCUT2D eigenvalue weighted by molar-refractivity contribution is -0.117. The van der Waals surface area contributed by atoms with Crippen LogP contribution < -0.4 is 0 Å². The summed E-state index contributed by atoms with van der Waals surface area (Å²) in [5, 5.41) is 0. The van der Waals surface area contributed by atoms with Gasteiger partial charge in [-0.05, 0) is 6.92 Å². The first-order valence-corrected chi connectivity index (χ1v) is 2.66. The molecule has 1 amide bonds. The quantitative estimate of drug-likeness (QED) is 0.247. The fourth-order valence-corrected chi connectivity index (χ4v) is 0.340. The average molecular weight is 141 g/mol. The Morgan fingerprint density at radius 3 is 2.80 bits per heavy atom. The molecule has 0 bridgehead atoms. The smallest absolute Gasteiger partial charge is 0.322 e. The molecule has 4 heteroatoms. The van der Waals surface area contributed by atoms with E-state index in [0.29, 0.717) is 6.61 Å². The lowest BCUT2D eigenvalue weighted by atomic mass is 10.5. The molecule has 0 unspecified atom stereocenters. The van der Waals surface area contributed by atoms with Crippen molar-refractivity contribution in [3.8, 4) is 0 Å². The van der Waals surface area contributed by atoms with Gasteiger partial charge in [-0.2, -0.15) is 0 Å². The first-order chi connectivity index (χ1) is 4.72. The molecule has 0 rings (SSSR count). The van der Waals surface area contributed by atoms with Gasteiger partial charge in [0.2, 0.25) is 6.08 Å². The number of isocyanates is 1. The number of aliphatic imine (C=N–C) groups is 1. The predicted octanol–water partition coefficient (Wildman–Crippen LogP) is 0.399. The van der Waals surface area contributed by atoms with E-state index in [-0.39, 0.29) is 5.76 Å². The molecule has 4 nitrogen and oxygen atoms in total. The highest BCUT2D eigenvalue weighted by molar-refractivity contribution is 5.94. The molecule has 0 aromatic rings. The summed E-state index contributed by atoms with van der Waals surface area (Å²) in [7, 11) is 0. The molecular formula is C6H7NO3. The molecule has 0 N–H and O–H groups in total. The number of carbonyl (C=O) groups is 1. The topological polar surface area (TPSA) is 55.7 Å². The van der Waals surface area contributed by atoms with E-state index in [2.05, 4.69) is 16.3 Å². The van der Waals surface area contributed by atoms with Gasteiger partial charge >= 0.3 is 5.91 Å². The molecule has 0 saturated heterocycles. The van der Waals surface area contributed by atoms with Gasteiger partial charge in [-0.3, -0.25) is 4.79 Å². The van der Waals surface area contributed by atoms with Crippen LogP contribution in [0.3, 0.4) is 0 Å². The van der Waals surface area contributed by atoms with Crippen LogP contribution >= 0.6 is 0 Å². The highest BCUT2D eigenvalue weighted by Gasteiger charge is 2.03. The van der Waals surface area contributed by atoms with Gasteiger partial charge in [-0.1, -0.05) is 6.58 Å². The van der Waals surface area contributed by atoms with Crippen LogP contribution in [0.25, 0.3) is 0 Å². The van der Waals surface area contributed by atoms with Crippen molar-refractivity contribution in [3.63, 3.8) is 0 Å². The largest absolute Gasteiger partial charge is 0.489 e. The van der Waals surface area contributed by atoms with E-state index < -0.39 is 5.91 Å². The third-order valence-corrected chi connectivity index (χ3v) is 0.704. The maximum absolute atomic E-state index is 10.5. The van der Waals surface area contributed by atoms with Gasteiger partial charge in [0.1, 0.15) is 0 Å². The minimum absolute atomic E-state index is 0.133. The van der Waals surface area contributed by atoms with Gasteiger partial charge in [0.15, 0.2) is 5.76 Å². The molecule has 0 aromatic carbocycles. The van der Waals surface area contributed by atoms with Crippen LogP contribution in [0.2, 0.25) is 0 Å². The Labute approximate surface area is 58.2 Å². The monoisotopic (exact) mass is 141 g/mol. The van der Waals surface area contributed by atoms with Crippen LogP contribution in [0.1, 0.15) is 6.92 Å². The SMILES string of the molecule is C=C(OCC)C(=O)N=C=O. The highest BCUT2D eigenvalue weighted by atomic mass is 16.5. The Morgan fingerprint density at radius 1 is 1.80 bits per heavy atom. The molecule has 0 aliphatic rings. The molecule has 10 heavy (non-hydrogen) atoms. The number of hydrogen-bond donors (Lipinski definition) is 0. The van der Waals surface area contributed by atoms with E-state index in [0.717, 1.165) is 6.08 Å². The highest BCUT2D eigenvalue weighted by Crippen LogP contribution is 1.94. The molecule has 0 spiro atoms.